The average molecular weight is 326 g/mol. The summed E-state index contributed by atoms with van der Waals surface area (Å²) in [7, 11) is 4.30. The number of halogens is 1. The van der Waals surface area contributed by atoms with Crippen LogP contribution in [0.2, 0.25) is 0 Å². The number of anilines is 1. The molecule has 1 unspecified atom stereocenters. The van der Waals surface area contributed by atoms with Gasteiger partial charge in [-0.15, -0.1) is 0 Å². The number of rotatable bonds is 3. The Kier molecular flexibility index (Phi) is 5.25. The lowest BCUT2D eigenvalue weighted by atomic mass is 10.1. The third kappa shape index (κ3) is 3.94. The van der Waals surface area contributed by atoms with Crippen molar-refractivity contribution < 1.29 is 0 Å². The van der Waals surface area contributed by atoms with Crippen LogP contribution in [0, 0.1) is 6.92 Å². The van der Waals surface area contributed by atoms with Gasteiger partial charge in [0.15, 0.2) is 0 Å². The van der Waals surface area contributed by atoms with Gasteiger partial charge in [-0.2, -0.15) is 0 Å². The summed E-state index contributed by atoms with van der Waals surface area (Å²) in [5.74, 6) is 0. The van der Waals surface area contributed by atoms with Gasteiger partial charge in [0.1, 0.15) is 0 Å². The van der Waals surface area contributed by atoms with E-state index in [2.05, 4.69) is 70.3 Å². The van der Waals surface area contributed by atoms with Crippen LogP contribution in [0.5, 0.6) is 0 Å². The molecule has 0 aliphatic carbocycles. The van der Waals surface area contributed by atoms with Crippen LogP contribution in [-0.4, -0.2) is 51.2 Å². The maximum absolute atomic E-state index is 3.56. The third-order valence-electron chi connectivity index (χ3n) is 3.62. The Morgan fingerprint density at radius 2 is 2.21 bits per heavy atom. The summed E-state index contributed by atoms with van der Waals surface area (Å²) < 4.78 is 1.16. The highest BCUT2D eigenvalue weighted by molar-refractivity contribution is 9.10. The average Bonchev–Trinajstić information content (AvgIpc) is 2.54. The van der Waals surface area contributed by atoms with E-state index in [1.165, 1.54) is 17.7 Å². The standard InChI is InChI=1S/C15H24BrN3/c1-12-9-13(16)5-6-15(12)19-8-4-7-17-10-14(19)11-18(2)3/h5-6,9,14,17H,4,7-8,10-11H2,1-3H3. The highest BCUT2D eigenvalue weighted by Crippen LogP contribution is 2.26. The molecule has 1 heterocycles. The normalized spacial score (nSPS) is 20.7. The molecule has 1 aromatic rings. The van der Waals surface area contributed by atoms with Crippen LogP contribution in [0.3, 0.4) is 0 Å². The molecule has 3 nitrogen and oxygen atoms in total. The van der Waals surface area contributed by atoms with Gasteiger partial charge < -0.3 is 15.1 Å². The van der Waals surface area contributed by atoms with Crippen molar-refractivity contribution in [2.24, 2.45) is 0 Å². The molecule has 19 heavy (non-hydrogen) atoms. The minimum Gasteiger partial charge on any atom is -0.366 e. The maximum atomic E-state index is 3.56. The molecule has 0 aromatic heterocycles. The molecular weight excluding hydrogens is 302 g/mol. The predicted octanol–water partition coefficient (Wildman–Crippen LogP) is 2.49. The number of nitrogens with zero attached hydrogens (tertiary/aromatic N) is 2. The van der Waals surface area contributed by atoms with E-state index in [0.29, 0.717) is 6.04 Å². The number of nitrogens with one attached hydrogen (secondary N) is 1. The fourth-order valence-electron chi connectivity index (χ4n) is 2.78. The number of aryl methyl sites for hydroxylation is 1. The van der Waals surface area contributed by atoms with Gasteiger partial charge in [0.05, 0.1) is 6.04 Å². The predicted molar refractivity (Wildman–Crippen MR) is 86.1 cm³/mol. The molecule has 2 rings (SSSR count). The van der Waals surface area contributed by atoms with Gasteiger partial charge in [-0.05, 0) is 57.7 Å². The lowest BCUT2D eigenvalue weighted by Crippen LogP contribution is -2.46. The van der Waals surface area contributed by atoms with E-state index >= 15 is 0 Å². The second-order valence-electron chi connectivity index (χ2n) is 5.60. The molecule has 0 radical (unpaired) electrons. The molecule has 1 fully saturated rings. The van der Waals surface area contributed by atoms with E-state index in [1.807, 2.05) is 0 Å². The first-order valence-corrected chi connectivity index (χ1v) is 7.75. The van der Waals surface area contributed by atoms with Crippen molar-refractivity contribution in [1.29, 1.82) is 0 Å². The molecule has 1 aliphatic heterocycles. The zero-order chi connectivity index (χ0) is 13.8. The van der Waals surface area contributed by atoms with Crippen LogP contribution in [0.15, 0.2) is 22.7 Å². The maximum Gasteiger partial charge on any atom is 0.0541 e. The van der Waals surface area contributed by atoms with Crippen LogP contribution < -0.4 is 10.2 Å². The second kappa shape index (κ2) is 6.73. The van der Waals surface area contributed by atoms with Crippen molar-refractivity contribution in [2.75, 3.05) is 45.2 Å². The van der Waals surface area contributed by atoms with Gasteiger partial charge in [0.25, 0.3) is 0 Å². The van der Waals surface area contributed by atoms with E-state index < -0.39 is 0 Å². The molecule has 0 saturated carbocycles. The Labute approximate surface area is 125 Å². The van der Waals surface area contributed by atoms with E-state index in [0.717, 1.165) is 30.7 Å². The summed E-state index contributed by atoms with van der Waals surface area (Å²) >= 11 is 3.55. The Balaban J connectivity index is 2.25. The van der Waals surface area contributed by atoms with Gasteiger partial charge in [0, 0.05) is 29.8 Å². The van der Waals surface area contributed by atoms with E-state index in [1.54, 1.807) is 0 Å². The van der Waals surface area contributed by atoms with Crippen molar-refractivity contribution in [3.05, 3.63) is 28.2 Å². The van der Waals surface area contributed by atoms with E-state index in [-0.39, 0.29) is 0 Å². The number of hydrogen-bond donors (Lipinski definition) is 1. The lowest BCUT2D eigenvalue weighted by molar-refractivity contribution is 0.361. The van der Waals surface area contributed by atoms with Crippen LogP contribution in [0.1, 0.15) is 12.0 Å². The van der Waals surface area contributed by atoms with E-state index in [4.69, 9.17) is 0 Å². The van der Waals surface area contributed by atoms with Crippen LogP contribution in [0.25, 0.3) is 0 Å². The van der Waals surface area contributed by atoms with Crippen molar-refractivity contribution in [3.63, 3.8) is 0 Å². The van der Waals surface area contributed by atoms with Gasteiger partial charge in [-0.3, -0.25) is 0 Å². The molecule has 0 amide bonds. The minimum atomic E-state index is 0.539. The Hall–Kier alpha value is -0.580. The fraction of sp³-hybridized carbons (Fsp3) is 0.600. The minimum absolute atomic E-state index is 0.539. The zero-order valence-corrected chi connectivity index (χ0v) is 13.7. The largest absolute Gasteiger partial charge is 0.366 e. The molecule has 1 N–H and O–H groups in total. The summed E-state index contributed by atoms with van der Waals surface area (Å²) in [4.78, 5) is 4.85. The molecule has 4 heteroatoms. The van der Waals surface area contributed by atoms with Gasteiger partial charge in [0.2, 0.25) is 0 Å². The second-order valence-corrected chi connectivity index (χ2v) is 6.51. The molecule has 1 aliphatic rings. The van der Waals surface area contributed by atoms with Crippen molar-refractivity contribution in [3.8, 4) is 0 Å². The van der Waals surface area contributed by atoms with Crippen molar-refractivity contribution >= 4 is 21.6 Å². The topological polar surface area (TPSA) is 18.5 Å². The van der Waals surface area contributed by atoms with Crippen LogP contribution >= 0.6 is 15.9 Å². The molecule has 1 aromatic carbocycles. The van der Waals surface area contributed by atoms with Gasteiger partial charge in [-0.1, -0.05) is 15.9 Å². The first kappa shape index (κ1) is 14.8. The number of likely N-dealkylation sites (N-methyl/N-ethyl adjacent to an activating group) is 1. The molecule has 0 bridgehead atoms. The molecule has 106 valence electrons. The summed E-state index contributed by atoms with van der Waals surface area (Å²) in [6, 6.07) is 7.14. The van der Waals surface area contributed by atoms with E-state index in [9.17, 15) is 0 Å². The highest BCUT2D eigenvalue weighted by Gasteiger charge is 2.22. The Morgan fingerprint density at radius 3 is 2.89 bits per heavy atom. The van der Waals surface area contributed by atoms with Crippen LogP contribution in [-0.2, 0) is 0 Å². The quantitative estimate of drug-likeness (QED) is 0.921. The number of hydrogen-bond acceptors (Lipinski definition) is 3. The molecular formula is C15H24BrN3. The highest BCUT2D eigenvalue weighted by atomic mass is 79.9. The SMILES string of the molecule is Cc1cc(Br)ccc1N1CCCNCC1CN(C)C. The van der Waals surface area contributed by atoms with Crippen LogP contribution in [0.4, 0.5) is 5.69 Å². The zero-order valence-electron chi connectivity index (χ0n) is 12.1. The summed E-state index contributed by atoms with van der Waals surface area (Å²) in [6.45, 7) is 6.60. The summed E-state index contributed by atoms with van der Waals surface area (Å²) in [5.41, 5.74) is 2.72. The van der Waals surface area contributed by atoms with Crippen molar-refractivity contribution in [2.45, 2.75) is 19.4 Å². The molecule has 1 saturated heterocycles. The Morgan fingerprint density at radius 1 is 1.42 bits per heavy atom. The smallest absolute Gasteiger partial charge is 0.0541 e. The fourth-order valence-corrected chi connectivity index (χ4v) is 3.25. The first-order chi connectivity index (χ1) is 9.08. The third-order valence-corrected chi connectivity index (χ3v) is 4.11. The molecule has 1 atom stereocenters. The summed E-state index contributed by atoms with van der Waals surface area (Å²) in [6.07, 6.45) is 1.21. The lowest BCUT2D eigenvalue weighted by Gasteiger charge is -2.34. The van der Waals surface area contributed by atoms with Crippen molar-refractivity contribution in [1.82, 2.24) is 10.2 Å². The summed E-state index contributed by atoms with van der Waals surface area (Å²) in [5, 5.41) is 3.56. The number of benzene rings is 1. The first-order valence-electron chi connectivity index (χ1n) is 6.96. The van der Waals surface area contributed by atoms with Gasteiger partial charge in [-0.25, -0.2) is 0 Å². The monoisotopic (exact) mass is 325 g/mol. The van der Waals surface area contributed by atoms with Gasteiger partial charge >= 0.3 is 0 Å². The Bertz CT molecular complexity index is 420. The molecule has 0 spiro atoms.